The van der Waals surface area contributed by atoms with Crippen LogP contribution in [0.2, 0.25) is 0 Å². The Balaban J connectivity index is 1.49. The Morgan fingerprint density at radius 1 is 1.05 bits per heavy atom. The molecule has 0 aromatic carbocycles. The number of Topliss-reactive ketones (excluding diaryl/α,β-unsaturated/α-hetero) is 1. The van der Waals surface area contributed by atoms with Crippen molar-refractivity contribution in [1.29, 1.82) is 0 Å². The molecule has 9 heteroatoms. The second-order valence-electron chi connectivity index (χ2n) is 14.3. The van der Waals surface area contributed by atoms with E-state index in [-0.39, 0.29) is 58.0 Å². The predicted octanol–water partition coefficient (Wildman–Crippen LogP) is 3.74. The van der Waals surface area contributed by atoms with Gasteiger partial charge in [0.15, 0.2) is 5.78 Å². The van der Waals surface area contributed by atoms with Crippen molar-refractivity contribution in [2.75, 3.05) is 0 Å². The van der Waals surface area contributed by atoms with Crippen LogP contribution in [0.1, 0.15) is 99.3 Å². The van der Waals surface area contributed by atoms with Crippen molar-refractivity contribution in [3.8, 4) is 0 Å². The van der Waals surface area contributed by atoms with E-state index in [0.29, 0.717) is 44.9 Å². The van der Waals surface area contributed by atoms with E-state index in [1.807, 2.05) is 0 Å². The lowest BCUT2D eigenvalue weighted by atomic mass is 9.43. The zero-order chi connectivity index (χ0) is 28.4. The lowest BCUT2D eigenvalue weighted by molar-refractivity contribution is -0.201. The van der Waals surface area contributed by atoms with Crippen molar-refractivity contribution in [2.45, 2.75) is 122 Å². The number of nitrogens with one attached hydrogen (secondary N) is 1. The summed E-state index contributed by atoms with van der Waals surface area (Å²) in [6, 6.07) is 0. The van der Waals surface area contributed by atoms with Crippen molar-refractivity contribution >= 4 is 21.8 Å². The molecule has 218 valence electrons. The van der Waals surface area contributed by atoms with Gasteiger partial charge in [-0.3, -0.25) is 14.1 Å². The van der Waals surface area contributed by atoms with Crippen molar-refractivity contribution in [1.82, 2.24) is 5.32 Å². The van der Waals surface area contributed by atoms with Gasteiger partial charge in [0.1, 0.15) is 0 Å². The first kappa shape index (κ1) is 29.9. The van der Waals surface area contributed by atoms with Crippen molar-refractivity contribution < 1.29 is 32.8 Å². The topological polar surface area (TPSA) is 141 Å². The monoisotopic (exact) mass is 555 g/mol. The van der Waals surface area contributed by atoms with Crippen molar-refractivity contribution in [3.05, 3.63) is 0 Å². The molecule has 0 aliphatic heterocycles. The molecule has 38 heavy (non-hydrogen) atoms. The van der Waals surface area contributed by atoms with Gasteiger partial charge in [0.05, 0.1) is 23.0 Å². The summed E-state index contributed by atoms with van der Waals surface area (Å²) in [4.78, 5) is 24.4. The summed E-state index contributed by atoms with van der Waals surface area (Å²) in [5.74, 6) is 0.554. The number of amides is 1. The molecule has 0 spiro atoms. The molecule has 0 heterocycles. The van der Waals surface area contributed by atoms with Gasteiger partial charge in [0, 0.05) is 6.42 Å². The predicted molar refractivity (Wildman–Crippen MR) is 145 cm³/mol. The average molecular weight is 556 g/mol. The molecule has 1 unspecified atom stereocenters. The zero-order valence-corrected chi connectivity index (χ0v) is 24.8. The molecular weight excluding hydrogens is 506 g/mol. The summed E-state index contributed by atoms with van der Waals surface area (Å²) in [5.41, 5.74) is -1.41. The summed E-state index contributed by atoms with van der Waals surface area (Å²) >= 11 is 0. The quantitative estimate of drug-likeness (QED) is 0.351. The summed E-state index contributed by atoms with van der Waals surface area (Å²) in [5, 5.41) is 25.3. The highest BCUT2D eigenvalue weighted by molar-refractivity contribution is 7.86. The molecular formula is C29H49NO7S. The van der Waals surface area contributed by atoms with E-state index in [2.05, 4.69) is 26.1 Å². The van der Waals surface area contributed by atoms with Crippen LogP contribution >= 0.6 is 0 Å². The van der Waals surface area contributed by atoms with Gasteiger partial charge in [-0.1, -0.05) is 20.8 Å². The third-order valence-corrected chi connectivity index (χ3v) is 13.4. The number of aliphatic hydroxyl groups excluding tert-OH is 2. The molecule has 0 radical (unpaired) electrons. The Hall–Kier alpha value is -1.03. The maximum Gasteiger partial charge on any atom is 0.267 e. The van der Waals surface area contributed by atoms with Gasteiger partial charge in [-0.25, -0.2) is 0 Å². The summed E-state index contributed by atoms with van der Waals surface area (Å²) in [7, 11) is -4.10. The molecule has 4 rings (SSSR count). The molecule has 1 amide bonds. The van der Waals surface area contributed by atoms with Crippen LogP contribution in [0.5, 0.6) is 0 Å². The van der Waals surface area contributed by atoms with E-state index in [9.17, 15) is 32.8 Å². The SMILES string of the molecule is CC(=O)C(C)(C)NC(=O)CC[C@@H](C)[C@H]1CC[C@H]2[C@@H]3[C@H](O)CC4C[C@H](S(=O)(=O)O)CC[C@]4(C)[C@H]3C[C@H](O)[C@]12C. The number of carbonyl (C=O) groups is 2. The molecule has 4 saturated carbocycles. The Morgan fingerprint density at radius 3 is 2.32 bits per heavy atom. The minimum absolute atomic E-state index is 0.00451. The lowest BCUT2D eigenvalue weighted by Gasteiger charge is -2.63. The first-order valence-corrected chi connectivity index (χ1v) is 16.1. The molecule has 8 nitrogen and oxygen atoms in total. The fourth-order valence-electron chi connectivity index (χ4n) is 9.44. The third-order valence-electron chi connectivity index (χ3n) is 12.1. The fourth-order valence-corrected chi connectivity index (χ4v) is 10.3. The first-order chi connectivity index (χ1) is 17.4. The number of rotatable bonds is 7. The van der Waals surface area contributed by atoms with Gasteiger partial charge in [-0.05, 0) is 118 Å². The number of carbonyl (C=O) groups excluding carboxylic acids is 2. The maximum atomic E-state index is 12.6. The molecule has 0 aromatic rings. The van der Waals surface area contributed by atoms with Gasteiger partial charge in [-0.2, -0.15) is 8.42 Å². The molecule has 0 saturated heterocycles. The van der Waals surface area contributed by atoms with Crippen LogP contribution in [0.4, 0.5) is 0 Å². The Labute approximate surface area is 228 Å². The largest absolute Gasteiger partial charge is 0.393 e. The summed E-state index contributed by atoms with van der Waals surface area (Å²) in [6.45, 7) is 11.5. The third kappa shape index (κ3) is 4.99. The normalized spacial score (nSPS) is 43.9. The molecule has 4 aliphatic rings. The van der Waals surface area contributed by atoms with Gasteiger partial charge in [0.25, 0.3) is 10.1 Å². The maximum absolute atomic E-state index is 12.6. The molecule has 4 aliphatic carbocycles. The molecule has 11 atom stereocenters. The standard InChI is InChI=1S/C29H49NO7S/c1-16(7-10-25(34)30-27(3,4)17(2)31)20-8-9-21-26-22(15-24(33)29(20,21)6)28(5)12-11-19(38(35,36)37)13-18(28)14-23(26)32/h16,18-24,26,32-33H,7-15H2,1-6H3,(H,30,34)(H,35,36,37)/t16-,18?,19-,20-,21+,22+,23-,24+,26+,28+,29-/m1/s1. The van der Waals surface area contributed by atoms with Crippen molar-refractivity contribution in [3.63, 3.8) is 0 Å². The van der Waals surface area contributed by atoms with Crippen LogP contribution in [0.25, 0.3) is 0 Å². The van der Waals surface area contributed by atoms with E-state index < -0.39 is 33.1 Å². The molecule has 4 N–H and O–H groups in total. The number of ketones is 1. The Kier molecular flexibility index (Phi) is 7.96. The second-order valence-corrected chi connectivity index (χ2v) is 16.0. The highest BCUT2D eigenvalue weighted by atomic mass is 32.2. The van der Waals surface area contributed by atoms with Gasteiger partial charge >= 0.3 is 0 Å². The van der Waals surface area contributed by atoms with Crippen LogP contribution in [0.15, 0.2) is 0 Å². The Morgan fingerprint density at radius 2 is 1.71 bits per heavy atom. The van der Waals surface area contributed by atoms with Gasteiger partial charge in [-0.15, -0.1) is 0 Å². The number of hydrogen-bond acceptors (Lipinski definition) is 6. The van der Waals surface area contributed by atoms with Crippen LogP contribution < -0.4 is 5.32 Å². The summed E-state index contributed by atoms with van der Waals surface area (Å²) in [6.07, 6.45) is 4.40. The first-order valence-electron chi connectivity index (χ1n) is 14.6. The van der Waals surface area contributed by atoms with E-state index in [1.54, 1.807) is 13.8 Å². The van der Waals surface area contributed by atoms with Crippen LogP contribution in [0, 0.1) is 46.3 Å². The average Bonchev–Trinajstić information content (AvgIpc) is 3.15. The van der Waals surface area contributed by atoms with Crippen molar-refractivity contribution in [2.24, 2.45) is 46.3 Å². The lowest BCUT2D eigenvalue weighted by Crippen LogP contribution is -2.62. The van der Waals surface area contributed by atoms with E-state index in [0.717, 1.165) is 12.8 Å². The second kappa shape index (κ2) is 10.1. The van der Waals surface area contributed by atoms with Crippen LogP contribution in [-0.4, -0.2) is 57.9 Å². The van der Waals surface area contributed by atoms with E-state index >= 15 is 0 Å². The fraction of sp³-hybridized carbons (Fsp3) is 0.931. The molecule has 0 bridgehead atoms. The minimum Gasteiger partial charge on any atom is -0.393 e. The summed E-state index contributed by atoms with van der Waals surface area (Å²) < 4.78 is 33.4. The van der Waals surface area contributed by atoms with Crippen LogP contribution in [-0.2, 0) is 19.7 Å². The number of aliphatic hydroxyl groups is 2. The number of hydrogen-bond donors (Lipinski definition) is 4. The van der Waals surface area contributed by atoms with E-state index in [1.165, 1.54) is 6.92 Å². The van der Waals surface area contributed by atoms with Gasteiger partial charge < -0.3 is 15.5 Å². The van der Waals surface area contributed by atoms with E-state index in [4.69, 9.17) is 0 Å². The van der Waals surface area contributed by atoms with Crippen LogP contribution in [0.3, 0.4) is 0 Å². The zero-order valence-electron chi connectivity index (χ0n) is 23.9. The highest BCUT2D eigenvalue weighted by Gasteiger charge is 2.66. The van der Waals surface area contributed by atoms with Gasteiger partial charge in [0.2, 0.25) is 5.91 Å². The minimum atomic E-state index is -4.10. The molecule has 0 aromatic heterocycles. The smallest absolute Gasteiger partial charge is 0.267 e. The highest BCUT2D eigenvalue weighted by Crippen LogP contribution is 2.68. The number of fused-ring (bicyclic) bond motifs is 5. The molecule has 4 fully saturated rings. The Bertz CT molecular complexity index is 1040.